The van der Waals surface area contributed by atoms with Gasteiger partial charge >= 0.3 is 0 Å². The summed E-state index contributed by atoms with van der Waals surface area (Å²) in [7, 11) is 0.488. The second-order valence-corrected chi connectivity index (χ2v) is 14.0. The van der Waals surface area contributed by atoms with Gasteiger partial charge in [0.05, 0.1) is 32.8 Å². The molecule has 0 aromatic heterocycles. The average molecular weight is 226 g/mol. The molecule has 0 saturated heterocycles. The van der Waals surface area contributed by atoms with Crippen LogP contribution in [-0.4, -0.2) is 52.8 Å². The Hall–Kier alpha value is 0.820. The van der Waals surface area contributed by atoms with E-state index in [9.17, 15) is 0 Å². The van der Waals surface area contributed by atoms with Gasteiger partial charge in [0.2, 0.25) is 0 Å². The van der Waals surface area contributed by atoms with Gasteiger partial charge < -0.3 is 0 Å². The molecule has 0 unspecified atom stereocenters. The monoisotopic (exact) mass is 226 g/mol. The van der Waals surface area contributed by atoms with Crippen LogP contribution < -0.4 is 0 Å². The molecule has 0 heterocycles. The Labute approximate surface area is 86.4 Å². The second-order valence-electron chi connectivity index (χ2n) is 4.68. The van der Waals surface area contributed by atoms with Crippen LogP contribution in [0.4, 0.5) is 0 Å². The zero-order valence-electron chi connectivity index (χ0n) is 10.7. The van der Waals surface area contributed by atoms with Crippen LogP contribution in [0.1, 0.15) is 13.8 Å². The van der Waals surface area contributed by atoms with Gasteiger partial charge in [-0.05, 0) is 13.8 Å². The molecule has 0 aliphatic heterocycles. The molecule has 13 heavy (non-hydrogen) atoms. The van der Waals surface area contributed by atoms with Crippen molar-refractivity contribution in [2.24, 2.45) is 0 Å². The van der Waals surface area contributed by atoms with E-state index >= 15 is 0 Å². The molecule has 0 spiro atoms. The summed E-state index contributed by atoms with van der Waals surface area (Å²) in [6.07, 6.45) is 2.57. The van der Waals surface area contributed by atoms with Crippen LogP contribution in [0, 0.1) is 0 Å². The molecular weight excluding hydrogens is 198 g/mol. The Morgan fingerprint density at radius 1 is 0.846 bits per heavy atom. The van der Waals surface area contributed by atoms with E-state index in [4.69, 9.17) is 4.52 Å². The van der Waals surface area contributed by atoms with Crippen molar-refractivity contribution < 1.29 is 4.52 Å². The van der Waals surface area contributed by atoms with Crippen LogP contribution in [0.25, 0.3) is 0 Å². The maximum atomic E-state index is 5.20. The van der Waals surface area contributed by atoms with Crippen molar-refractivity contribution in [1.29, 1.82) is 0 Å². The summed E-state index contributed by atoms with van der Waals surface area (Å²) in [5.74, 6) is 0. The second kappa shape index (κ2) is 7.16. The molecule has 0 fully saturated rings. The van der Waals surface area contributed by atoms with E-state index < -0.39 is 14.8 Å². The van der Waals surface area contributed by atoms with Gasteiger partial charge in [-0.3, -0.25) is 0 Å². The van der Waals surface area contributed by atoms with Crippen molar-refractivity contribution in [2.45, 2.75) is 13.8 Å². The van der Waals surface area contributed by atoms with Crippen molar-refractivity contribution >= 4 is 14.8 Å². The molecule has 0 aliphatic rings. The third-order valence-electron chi connectivity index (χ3n) is 2.20. The predicted octanol–water partition coefficient (Wildman–Crippen LogP) is 3.76. The summed E-state index contributed by atoms with van der Waals surface area (Å²) in [5, 5.41) is 0. The normalized spacial score (nSPS) is 12.0. The van der Waals surface area contributed by atoms with Gasteiger partial charge in [0.25, 0.3) is 0 Å². The van der Waals surface area contributed by atoms with E-state index in [-0.39, 0.29) is 0 Å². The van der Waals surface area contributed by atoms with Crippen LogP contribution in [0.15, 0.2) is 0 Å². The minimum absolute atomic E-state index is 0.397. The molecule has 0 aromatic carbocycles. The molecule has 0 radical (unpaired) electrons. The Balaban J connectivity index is 0. The lowest BCUT2D eigenvalue weighted by molar-refractivity contribution is 0.453. The van der Waals surface area contributed by atoms with Gasteiger partial charge in [0.15, 0.2) is 0 Å². The largest absolute Gasteiger partial charge is 0.242 e. The molecule has 0 rings (SSSR count). The summed E-state index contributed by atoms with van der Waals surface area (Å²) < 4.78 is 5.20. The lowest BCUT2D eigenvalue weighted by Gasteiger charge is -2.09. The smallest absolute Gasteiger partial charge is 0.139 e. The molecule has 82 valence electrons. The highest BCUT2D eigenvalue weighted by Gasteiger charge is 2.20. The first-order chi connectivity index (χ1) is 5.68. The van der Waals surface area contributed by atoms with Crippen molar-refractivity contribution in [2.75, 3.05) is 52.8 Å². The number of hydrogen-bond donors (Lipinski definition) is 0. The fourth-order valence-corrected chi connectivity index (χ4v) is 0.387. The zero-order chi connectivity index (χ0) is 11.1. The predicted molar refractivity (Wildman–Crippen MR) is 71.6 cm³/mol. The van der Waals surface area contributed by atoms with Gasteiger partial charge in [-0.1, -0.05) is 0 Å². The summed E-state index contributed by atoms with van der Waals surface area (Å²) in [6, 6.07) is 0. The molecule has 0 atom stereocenters. The van der Waals surface area contributed by atoms with Crippen LogP contribution in [0.2, 0.25) is 0 Å². The Morgan fingerprint density at radius 2 is 1.15 bits per heavy atom. The minimum atomic E-state index is -0.904. The molecule has 0 bridgehead atoms. The molecule has 1 nitrogen and oxygen atoms in total. The van der Waals surface area contributed by atoms with Gasteiger partial charge in [0, 0.05) is 27.3 Å². The summed E-state index contributed by atoms with van der Waals surface area (Å²) in [4.78, 5) is 0. The highest BCUT2D eigenvalue weighted by Crippen LogP contribution is 2.50. The zero-order valence-corrected chi connectivity index (χ0v) is 12.5. The van der Waals surface area contributed by atoms with Gasteiger partial charge in [0.1, 0.15) is 7.49 Å². The van der Waals surface area contributed by atoms with Gasteiger partial charge in [-0.15, -0.1) is 0 Å². The van der Waals surface area contributed by atoms with Gasteiger partial charge in [-0.2, -0.15) is 0 Å². The Kier molecular flexibility index (Phi) is 8.95. The summed E-state index contributed by atoms with van der Waals surface area (Å²) in [6.45, 7) is 15.9. The minimum Gasteiger partial charge on any atom is -0.242 e. The molecule has 0 aliphatic carbocycles. The average Bonchev–Trinajstić information content (AvgIpc) is 2.04. The summed E-state index contributed by atoms with van der Waals surface area (Å²) in [5.41, 5.74) is 0. The van der Waals surface area contributed by atoms with Crippen LogP contribution in [0.3, 0.4) is 0 Å². The topological polar surface area (TPSA) is 9.23 Å². The SMILES string of the molecule is CC[P+](C)(C)C.CC[P+](C)(C)OC. The molecule has 0 N–H and O–H groups in total. The van der Waals surface area contributed by atoms with Crippen molar-refractivity contribution in [3.63, 3.8) is 0 Å². The molecule has 0 aromatic rings. The highest BCUT2D eigenvalue weighted by atomic mass is 31.2. The Bertz CT molecular complexity index is 111. The maximum Gasteiger partial charge on any atom is 0.139 e. The fraction of sp³-hybridized carbons (Fsp3) is 1.00. The number of rotatable bonds is 3. The number of hydrogen-bond acceptors (Lipinski definition) is 1. The first-order valence-corrected chi connectivity index (χ1v) is 11.0. The molecular formula is C10H28OP2+2. The van der Waals surface area contributed by atoms with Crippen LogP contribution >= 0.6 is 14.8 Å². The lowest BCUT2D eigenvalue weighted by atomic mass is 11.0. The fourth-order valence-electron chi connectivity index (χ4n) is 0.129. The molecule has 0 amide bonds. The standard InChI is InChI=1S/C5H14OP.C5H14P/c1-5-7(3,4)6-2;1-5-6(2,3)4/h5H2,1-4H3;5H2,1-4H3/q2*+1. The van der Waals surface area contributed by atoms with E-state index in [1.54, 1.807) is 7.11 Å². The first kappa shape index (κ1) is 16.3. The van der Waals surface area contributed by atoms with E-state index in [0.717, 1.165) is 0 Å². The highest BCUT2D eigenvalue weighted by molar-refractivity contribution is 7.73. The summed E-state index contributed by atoms with van der Waals surface area (Å²) >= 11 is 0. The molecule has 3 heteroatoms. The van der Waals surface area contributed by atoms with Crippen LogP contribution in [-0.2, 0) is 4.52 Å². The van der Waals surface area contributed by atoms with E-state index in [2.05, 4.69) is 47.2 Å². The lowest BCUT2D eigenvalue weighted by Crippen LogP contribution is -1.91. The Morgan fingerprint density at radius 3 is 1.15 bits per heavy atom. The van der Waals surface area contributed by atoms with Crippen molar-refractivity contribution in [3.05, 3.63) is 0 Å². The third-order valence-corrected chi connectivity index (χ3v) is 6.61. The van der Waals surface area contributed by atoms with Crippen molar-refractivity contribution in [1.82, 2.24) is 0 Å². The van der Waals surface area contributed by atoms with Gasteiger partial charge in [-0.25, -0.2) is 4.52 Å². The molecule has 0 saturated carbocycles. The van der Waals surface area contributed by atoms with E-state index in [1.165, 1.54) is 12.3 Å². The quantitative estimate of drug-likeness (QED) is 0.666. The maximum absolute atomic E-state index is 5.20. The van der Waals surface area contributed by atoms with E-state index in [1.807, 2.05) is 0 Å². The van der Waals surface area contributed by atoms with Crippen molar-refractivity contribution in [3.8, 4) is 0 Å². The van der Waals surface area contributed by atoms with Crippen LogP contribution in [0.5, 0.6) is 0 Å². The third kappa shape index (κ3) is 15.6. The van der Waals surface area contributed by atoms with E-state index in [0.29, 0.717) is 0 Å². The first-order valence-electron chi connectivity index (χ1n) is 4.87.